The lowest BCUT2D eigenvalue weighted by Crippen LogP contribution is -2.10. The van der Waals surface area contributed by atoms with Gasteiger partial charge in [-0.25, -0.2) is 0 Å². The van der Waals surface area contributed by atoms with E-state index in [9.17, 15) is 0 Å². The molecule has 0 saturated heterocycles. The Labute approximate surface area is 541 Å². The van der Waals surface area contributed by atoms with Crippen LogP contribution in [0.4, 0.5) is 0 Å². The lowest BCUT2D eigenvalue weighted by molar-refractivity contribution is 0.893. The van der Waals surface area contributed by atoms with Crippen molar-refractivity contribution in [1.82, 2.24) is 33.2 Å². The van der Waals surface area contributed by atoms with Crippen LogP contribution in [0.3, 0.4) is 0 Å². The third-order valence-corrected chi connectivity index (χ3v) is 19.0. The Balaban J connectivity index is 0.833. The van der Waals surface area contributed by atoms with Crippen LogP contribution >= 0.6 is 0 Å². The normalized spacial score (nSPS) is 11.8. The summed E-state index contributed by atoms with van der Waals surface area (Å²) in [7, 11) is 0. The number of aromatic nitrogens is 7. The van der Waals surface area contributed by atoms with Crippen molar-refractivity contribution in [3.63, 3.8) is 0 Å². The maximum Gasteiger partial charge on any atom is 0.240 e. The second kappa shape index (κ2) is 21.5. The molecular weight excluding hydrogens is 1140 g/mol. The third-order valence-electron chi connectivity index (χ3n) is 19.0. The van der Waals surface area contributed by atoms with Gasteiger partial charge in [0.15, 0.2) is 5.82 Å². The fourth-order valence-corrected chi connectivity index (χ4v) is 14.7. The first kappa shape index (κ1) is 53.2. The quantitative estimate of drug-likeness (QED) is 0.137. The Morgan fingerprint density at radius 2 is 0.468 bits per heavy atom. The van der Waals surface area contributed by atoms with Crippen molar-refractivity contribution in [2.45, 2.75) is 0 Å². The largest absolute Gasteiger partial charge is 0.309 e. The fraction of sp³-hybridized carbons (Fsp3) is 0. The molecule has 19 rings (SSSR count). The SMILES string of the molecule is c1ccc(-c2ccc(-c3cccc(-c4nc(-n5c6ccccc6c6ccc(-c7ccc8c9ccccc9n(-c9ccccc9)c8c7)cc65)nc(-n5c6ccccc6c6ccc(-c7ccc8c9ccccc9n(-c9ccccc9)c8c7)cc65)n4)c3)cc2-c2ccccc2)cc1. The van der Waals surface area contributed by atoms with Gasteiger partial charge in [0, 0.05) is 60.0 Å². The molecule has 14 aromatic carbocycles. The van der Waals surface area contributed by atoms with E-state index < -0.39 is 0 Å². The fourth-order valence-electron chi connectivity index (χ4n) is 14.7. The second-order valence-corrected chi connectivity index (χ2v) is 24.3. The van der Waals surface area contributed by atoms with Gasteiger partial charge in [0.1, 0.15) is 0 Å². The molecule has 0 bridgehead atoms. The van der Waals surface area contributed by atoms with Gasteiger partial charge in [-0.3, -0.25) is 9.13 Å². The molecule has 0 aliphatic rings. The number of rotatable bonds is 10. The number of hydrogen-bond donors (Lipinski definition) is 0. The number of fused-ring (bicyclic) bond motifs is 12. The minimum atomic E-state index is 0.508. The molecule has 0 radical (unpaired) electrons. The first-order chi connectivity index (χ1) is 46.6. The van der Waals surface area contributed by atoms with E-state index in [0.29, 0.717) is 17.7 Å². The van der Waals surface area contributed by atoms with Crippen LogP contribution in [0.2, 0.25) is 0 Å². The van der Waals surface area contributed by atoms with Crippen LogP contribution in [-0.2, 0) is 0 Å². The Hall–Kier alpha value is -12.7. The van der Waals surface area contributed by atoms with Gasteiger partial charge < -0.3 is 9.13 Å². The predicted molar refractivity (Wildman–Crippen MR) is 390 cm³/mol. The molecule has 0 saturated carbocycles. The van der Waals surface area contributed by atoms with Crippen molar-refractivity contribution in [2.24, 2.45) is 0 Å². The van der Waals surface area contributed by atoms with Gasteiger partial charge in [-0.2, -0.15) is 15.0 Å². The molecule has 0 amide bonds. The van der Waals surface area contributed by atoms with Gasteiger partial charge in [-0.1, -0.05) is 249 Å². The highest BCUT2D eigenvalue weighted by Gasteiger charge is 2.24. The average Bonchev–Trinajstić information content (AvgIpc) is 1.62. The summed E-state index contributed by atoms with van der Waals surface area (Å²) in [6, 6.07) is 120. The van der Waals surface area contributed by atoms with Gasteiger partial charge in [-0.15, -0.1) is 0 Å². The van der Waals surface area contributed by atoms with Crippen LogP contribution in [0.25, 0.3) is 178 Å². The van der Waals surface area contributed by atoms with Gasteiger partial charge in [0.2, 0.25) is 11.9 Å². The molecule has 5 heterocycles. The first-order valence-corrected chi connectivity index (χ1v) is 32.0. The molecule has 0 N–H and O–H groups in total. The molecule has 94 heavy (non-hydrogen) atoms. The van der Waals surface area contributed by atoms with Crippen LogP contribution in [0.5, 0.6) is 0 Å². The molecule has 0 spiro atoms. The molecule has 7 nitrogen and oxygen atoms in total. The van der Waals surface area contributed by atoms with Gasteiger partial charge >= 0.3 is 0 Å². The summed E-state index contributed by atoms with van der Waals surface area (Å²) in [6.45, 7) is 0. The standard InChI is InChI=1S/C87H55N7/c1-5-22-56(23-6-1)67-45-40-59(51-76(67)57-24-7-2-8-25-57)58-26-21-27-64(50-58)85-88-86(93-79-38-19-15-34-70(79)74-48-43-62(54-83(74)93)60-41-46-72-68-32-13-17-36-77(68)91(81(72)52-60)65-28-9-3-10-29-65)90-87(89-85)94-80-39-20-16-35-71(80)75-49-44-63(55-84(75)94)61-42-47-73-69-33-14-18-37-78(69)92(82(73)53-61)66-30-11-4-12-31-66/h1-55H. The number of nitrogens with zero attached hydrogens (tertiary/aromatic N) is 7. The maximum absolute atomic E-state index is 5.73. The molecule has 7 heteroatoms. The van der Waals surface area contributed by atoms with Crippen molar-refractivity contribution in [3.05, 3.63) is 334 Å². The number of hydrogen-bond acceptors (Lipinski definition) is 3. The summed E-state index contributed by atoms with van der Waals surface area (Å²) in [5.74, 6) is 1.56. The van der Waals surface area contributed by atoms with Crippen LogP contribution in [-0.4, -0.2) is 33.2 Å². The van der Waals surface area contributed by atoms with E-state index in [4.69, 9.17) is 15.0 Å². The molecule has 0 aliphatic carbocycles. The van der Waals surface area contributed by atoms with E-state index >= 15 is 0 Å². The van der Waals surface area contributed by atoms with Crippen LogP contribution < -0.4 is 0 Å². The van der Waals surface area contributed by atoms with Gasteiger partial charge in [0.25, 0.3) is 0 Å². The summed E-state index contributed by atoms with van der Waals surface area (Å²) in [6.07, 6.45) is 0. The van der Waals surface area contributed by atoms with E-state index in [1.54, 1.807) is 0 Å². The lowest BCUT2D eigenvalue weighted by Gasteiger charge is -2.15. The molecule has 438 valence electrons. The molecule has 5 aromatic heterocycles. The summed E-state index contributed by atoms with van der Waals surface area (Å²) < 4.78 is 9.27. The zero-order chi connectivity index (χ0) is 61.8. The Morgan fingerprint density at radius 1 is 0.170 bits per heavy atom. The smallest absolute Gasteiger partial charge is 0.240 e. The zero-order valence-electron chi connectivity index (χ0n) is 50.9. The predicted octanol–water partition coefficient (Wildman–Crippen LogP) is 22.3. The molecule has 19 aromatic rings. The minimum Gasteiger partial charge on any atom is -0.309 e. The first-order valence-electron chi connectivity index (χ1n) is 32.0. The van der Waals surface area contributed by atoms with Crippen molar-refractivity contribution >= 4 is 87.2 Å². The highest BCUT2D eigenvalue weighted by atomic mass is 15.3. The summed E-state index contributed by atoms with van der Waals surface area (Å²) in [4.78, 5) is 17.0. The van der Waals surface area contributed by atoms with Gasteiger partial charge in [0.05, 0.1) is 44.1 Å². The highest BCUT2D eigenvalue weighted by Crippen LogP contribution is 2.43. The number of para-hydroxylation sites is 6. The molecule has 0 atom stereocenters. The summed E-state index contributed by atoms with van der Waals surface area (Å²) in [5.41, 5.74) is 22.9. The molecule has 0 unspecified atom stereocenters. The Bertz CT molecular complexity index is 5920. The van der Waals surface area contributed by atoms with Crippen LogP contribution in [0.1, 0.15) is 0 Å². The van der Waals surface area contributed by atoms with Crippen molar-refractivity contribution in [3.8, 4) is 90.3 Å². The van der Waals surface area contributed by atoms with Crippen LogP contribution in [0, 0.1) is 0 Å². The minimum absolute atomic E-state index is 0.508. The lowest BCUT2D eigenvalue weighted by atomic mass is 9.91. The monoisotopic (exact) mass is 1200 g/mol. The van der Waals surface area contributed by atoms with E-state index in [-0.39, 0.29) is 0 Å². The Morgan fingerprint density at radius 3 is 0.894 bits per heavy atom. The van der Waals surface area contributed by atoms with E-state index in [0.717, 1.165) is 116 Å². The average molecular weight is 1200 g/mol. The van der Waals surface area contributed by atoms with Gasteiger partial charge in [-0.05, 0) is 141 Å². The molecule has 0 aliphatic heterocycles. The molecule has 0 fully saturated rings. The highest BCUT2D eigenvalue weighted by molar-refractivity contribution is 6.14. The van der Waals surface area contributed by atoms with Crippen molar-refractivity contribution in [1.29, 1.82) is 0 Å². The van der Waals surface area contributed by atoms with Crippen LogP contribution in [0.15, 0.2) is 334 Å². The zero-order valence-corrected chi connectivity index (χ0v) is 50.9. The Kier molecular flexibility index (Phi) is 12.1. The number of benzene rings is 14. The maximum atomic E-state index is 5.73. The topological polar surface area (TPSA) is 58.4 Å². The molecular formula is C87H55N7. The van der Waals surface area contributed by atoms with Crippen molar-refractivity contribution in [2.75, 3.05) is 0 Å². The van der Waals surface area contributed by atoms with Crippen molar-refractivity contribution < 1.29 is 0 Å². The van der Waals surface area contributed by atoms with E-state index in [1.807, 2.05) is 0 Å². The third kappa shape index (κ3) is 8.56. The van der Waals surface area contributed by atoms with E-state index in [2.05, 4.69) is 352 Å². The second-order valence-electron chi connectivity index (χ2n) is 24.3. The summed E-state index contributed by atoms with van der Waals surface area (Å²) >= 11 is 0. The summed E-state index contributed by atoms with van der Waals surface area (Å²) in [5, 5.41) is 9.26. The van der Waals surface area contributed by atoms with E-state index in [1.165, 1.54) is 43.7 Å².